The second-order valence-electron chi connectivity index (χ2n) is 4.19. The van der Waals surface area contributed by atoms with Gasteiger partial charge in [0.15, 0.2) is 0 Å². The number of hydrogen-bond donors (Lipinski definition) is 1. The molecule has 0 amide bonds. The van der Waals surface area contributed by atoms with E-state index in [9.17, 15) is 4.79 Å². The molecule has 1 unspecified atom stereocenters. The fourth-order valence-electron chi connectivity index (χ4n) is 1.52. The van der Waals surface area contributed by atoms with Crippen LogP contribution >= 0.6 is 0 Å². The highest BCUT2D eigenvalue weighted by molar-refractivity contribution is 5.69. The van der Waals surface area contributed by atoms with Crippen LogP contribution in [-0.2, 0) is 16.0 Å². The van der Waals surface area contributed by atoms with Gasteiger partial charge in [0.05, 0.1) is 20.1 Å². The fourth-order valence-corrected chi connectivity index (χ4v) is 1.52. The molecule has 100 valence electrons. The third-order valence-corrected chi connectivity index (χ3v) is 2.75. The number of carbonyl (C=O) groups excluding carboxylic acids is 1. The molecule has 1 aromatic carbocycles. The van der Waals surface area contributed by atoms with Crippen molar-refractivity contribution < 1.29 is 14.3 Å². The highest BCUT2D eigenvalue weighted by atomic mass is 16.5. The average molecular weight is 251 g/mol. The summed E-state index contributed by atoms with van der Waals surface area (Å²) in [6.07, 6.45) is 2.11. The number of ether oxygens (including phenoxy) is 2. The maximum atomic E-state index is 10.9. The van der Waals surface area contributed by atoms with Crippen molar-refractivity contribution in [2.75, 3.05) is 13.7 Å². The van der Waals surface area contributed by atoms with Gasteiger partial charge in [-0.05, 0) is 30.5 Å². The molecular weight excluding hydrogens is 230 g/mol. The van der Waals surface area contributed by atoms with E-state index < -0.39 is 0 Å². The lowest BCUT2D eigenvalue weighted by Crippen LogP contribution is -2.21. The molecule has 1 rings (SSSR count). The number of esters is 1. The van der Waals surface area contributed by atoms with E-state index in [1.54, 1.807) is 0 Å². The summed E-state index contributed by atoms with van der Waals surface area (Å²) in [7, 11) is 1.37. The zero-order valence-corrected chi connectivity index (χ0v) is 11.0. The minimum absolute atomic E-state index is 0.205. The Bertz CT molecular complexity index is 362. The predicted molar refractivity (Wildman–Crippen MR) is 70.5 cm³/mol. The van der Waals surface area contributed by atoms with Gasteiger partial charge in [-0.3, -0.25) is 4.79 Å². The molecule has 0 aliphatic carbocycles. The van der Waals surface area contributed by atoms with Gasteiger partial charge in [0, 0.05) is 6.04 Å². The smallest absolute Gasteiger partial charge is 0.308 e. The maximum absolute atomic E-state index is 10.9. The van der Waals surface area contributed by atoms with Crippen LogP contribution in [0.25, 0.3) is 0 Å². The van der Waals surface area contributed by atoms with Gasteiger partial charge in [0.2, 0.25) is 0 Å². The highest BCUT2D eigenvalue weighted by Crippen LogP contribution is 2.14. The molecule has 0 saturated carbocycles. The lowest BCUT2D eigenvalue weighted by atomic mass is 10.0. The molecule has 4 nitrogen and oxygen atoms in total. The van der Waals surface area contributed by atoms with E-state index in [0.29, 0.717) is 6.61 Å². The molecular formula is C14H21NO3. The van der Waals surface area contributed by atoms with Gasteiger partial charge in [-0.25, -0.2) is 0 Å². The Morgan fingerprint density at radius 2 is 2.00 bits per heavy atom. The van der Waals surface area contributed by atoms with E-state index in [-0.39, 0.29) is 18.4 Å². The Balaban J connectivity index is 2.38. The normalized spacial score (nSPS) is 11.9. The van der Waals surface area contributed by atoms with Crippen molar-refractivity contribution in [1.82, 2.24) is 0 Å². The lowest BCUT2D eigenvalue weighted by Gasteiger charge is -2.10. The molecule has 1 aromatic rings. The van der Waals surface area contributed by atoms with Crippen LogP contribution in [0.4, 0.5) is 0 Å². The first-order chi connectivity index (χ1) is 8.65. The summed E-state index contributed by atoms with van der Waals surface area (Å²) in [5, 5.41) is 0. The zero-order valence-electron chi connectivity index (χ0n) is 11.0. The van der Waals surface area contributed by atoms with Crippen molar-refractivity contribution in [2.24, 2.45) is 5.73 Å². The van der Waals surface area contributed by atoms with Gasteiger partial charge in [-0.15, -0.1) is 0 Å². The molecule has 18 heavy (non-hydrogen) atoms. The van der Waals surface area contributed by atoms with Crippen LogP contribution in [0, 0.1) is 0 Å². The fraction of sp³-hybridized carbons (Fsp3) is 0.500. The van der Waals surface area contributed by atoms with Gasteiger partial charge in [-0.2, -0.15) is 0 Å². The number of hydrogen-bond acceptors (Lipinski definition) is 4. The van der Waals surface area contributed by atoms with Crippen molar-refractivity contribution in [3.63, 3.8) is 0 Å². The Hall–Kier alpha value is -1.55. The van der Waals surface area contributed by atoms with Crippen LogP contribution in [0.3, 0.4) is 0 Å². The van der Waals surface area contributed by atoms with Crippen molar-refractivity contribution in [1.29, 1.82) is 0 Å². The molecule has 1 atom stereocenters. The number of benzene rings is 1. The van der Waals surface area contributed by atoms with Crippen LogP contribution in [0.2, 0.25) is 0 Å². The van der Waals surface area contributed by atoms with Crippen LogP contribution in [-0.4, -0.2) is 25.7 Å². The number of methoxy groups -OCH3 is 1. The minimum Gasteiger partial charge on any atom is -0.493 e. The molecule has 0 spiro atoms. The molecule has 0 aromatic heterocycles. The monoisotopic (exact) mass is 251 g/mol. The molecule has 0 fully saturated rings. The SMILES string of the molecule is CCC(N)Cc1ccc(OCCC(=O)OC)cc1. The average Bonchev–Trinajstić information content (AvgIpc) is 2.40. The first kappa shape index (κ1) is 14.5. The topological polar surface area (TPSA) is 61.5 Å². The van der Waals surface area contributed by atoms with Gasteiger partial charge in [0.25, 0.3) is 0 Å². The summed E-state index contributed by atoms with van der Waals surface area (Å²) >= 11 is 0. The van der Waals surface area contributed by atoms with Crippen LogP contribution in [0.5, 0.6) is 5.75 Å². The first-order valence-corrected chi connectivity index (χ1v) is 6.19. The quantitative estimate of drug-likeness (QED) is 0.752. The minimum atomic E-state index is -0.263. The standard InChI is InChI=1S/C14H21NO3/c1-3-12(15)10-11-4-6-13(7-5-11)18-9-8-14(16)17-2/h4-7,12H,3,8-10,15H2,1-2H3. The third-order valence-electron chi connectivity index (χ3n) is 2.75. The van der Waals surface area contributed by atoms with Crippen molar-refractivity contribution in [2.45, 2.75) is 32.2 Å². The van der Waals surface area contributed by atoms with Crippen LogP contribution in [0.1, 0.15) is 25.3 Å². The molecule has 2 N–H and O–H groups in total. The molecule has 0 aliphatic rings. The Morgan fingerprint density at radius 3 is 2.56 bits per heavy atom. The molecule has 0 radical (unpaired) electrons. The largest absolute Gasteiger partial charge is 0.493 e. The van der Waals surface area contributed by atoms with E-state index in [1.807, 2.05) is 24.3 Å². The molecule has 0 heterocycles. The Labute approximate surface area is 108 Å². The van der Waals surface area contributed by atoms with Crippen LogP contribution in [0.15, 0.2) is 24.3 Å². The van der Waals surface area contributed by atoms with Crippen LogP contribution < -0.4 is 10.5 Å². The van der Waals surface area contributed by atoms with Gasteiger partial charge in [-0.1, -0.05) is 19.1 Å². The van der Waals surface area contributed by atoms with Crippen molar-refractivity contribution in [3.05, 3.63) is 29.8 Å². The summed E-state index contributed by atoms with van der Waals surface area (Å²) in [6, 6.07) is 8.01. The summed E-state index contributed by atoms with van der Waals surface area (Å²) in [4.78, 5) is 10.9. The molecule has 4 heteroatoms. The lowest BCUT2D eigenvalue weighted by molar-refractivity contribution is -0.141. The van der Waals surface area contributed by atoms with Gasteiger partial charge in [0.1, 0.15) is 5.75 Å². The van der Waals surface area contributed by atoms with E-state index in [2.05, 4.69) is 11.7 Å². The second kappa shape index (κ2) is 7.71. The Kier molecular flexibility index (Phi) is 6.22. The third kappa shape index (κ3) is 5.19. The van der Waals surface area contributed by atoms with Gasteiger partial charge >= 0.3 is 5.97 Å². The van der Waals surface area contributed by atoms with Crippen molar-refractivity contribution >= 4 is 5.97 Å². The molecule has 0 bridgehead atoms. The van der Waals surface area contributed by atoms with E-state index in [1.165, 1.54) is 12.7 Å². The second-order valence-corrected chi connectivity index (χ2v) is 4.19. The zero-order chi connectivity index (χ0) is 13.4. The molecule has 0 aliphatic heterocycles. The summed E-state index contributed by atoms with van der Waals surface area (Å²) < 4.78 is 9.96. The van der Waals surface area contributed by atoms with Crippen molar-refractivity contribution in [3.8, 4) is 5.75 Å². The number of rotatable bonds is 7. The maximum Gasteiger partial charge on any atom is 0.308 e. The summed E-state index contributed by atoms with van der Waals surface area (Å²) in [5.74, 6) is 0.494. The molecule has 0 saturated heterocycles. The van der Waals surface area contributed by atoms with E-state index in [4.69, 9.17) is 10.5 Å². The van der Waals surface area contributed by atoms with E-state index >= 15 is 0 Å². The number of nitrogens with two attached hydrogens (primary N) is 1. The Morgan fingerprint density at radius 1 is 1.33 bits per heavy atom. The highest BCUT2D eigenvalue weighted by Gasteiger charge is 2.03. The predicted octanol–water partition coefficient (Wildman–Crippen LogP) is 1.91. The first-order valence-electron chi connectivity index (χ1n) is 6.19. The van der Waals surface area contributed by atoms with E-state index in [0.717, 1.165) is 18.6 Å². The van der Waals surface area contributed by atoms with Gasteiger partial charge < -0.3 is 15.2 Å². The number of carbonyl (C=O) groups is 1. The summed E-state index contributed by atoms with van der Waals surface area (Å²) in [6.45, 7) is 2.41. The summed E-state index contributed by atoms with van der Waals surface area (Å²) in [5.41, 5.74) is 7.09.